The van der Waals surface area contributed by atoms with Crippen molar-refractivity contribution in [1.82, 2.24) is 10.2 Å². The van der Waals surface area contributed by atoms with Crippen LogP contribution in [0, 0.1) is 17.6 Å². The van der Waals surface area contributed by atoms with Crippen LogP contribution >= 0.6 is 0 Å². The second kappa shape index (κ2) is 7.70. The molecule has 0 bridgehead atoms. The summed E-state index contributed by atoms with van der Waals surface area (Å²) in [5.74, 6) is -0.453. The van der Waals surface area contributed by atoms with Crippen molar-refractivity contribution >= 4 is 0 Å². The largest absolute Gasteiger partial charge is 0.312 e. The Morgan fingerprint density at radius 1 is 1.15 bits per heavy atom. The summed E-state index contributed by atoms with van der Waals surface area (Å²) in [6.07, 6.45) is 3.93. The number of likely N-dealkylation sites (tertiary alicyclic amines) is 1. The summed E-state index contributed by atoms with van der Waals surface area (Å²) in [7, 11) is 0. The molecule has 1 heterocycles. The Hall–Kier alpha value is -1.00. The van der Waals surface area contributed by atoms with Crippen LogP contribution < -0.4 is 5.32 Å². The van der Waals surface area contributed by atoms with E-state index in [2.05, 4.69) is 17.1 Å². The molecule has 0 spiro atoms. The van der Waals surface area contributed by atoms with E-state index in [9.17, 15) is 8.78 Å². The highest BCUT2D eigenvalue weighted by atomic mass is 19.1. The van der Waals surface area contributed by atoms with Crippen LogP contribution in [-0.4, -0.2) is 31.1 Å². The van der Waals surface area contributed by atoms with Gasteiger partial charge in [-0.2, -0.15) is 0 Å². The summed E-state index contributed by atoms with van der Waals surface area (Å²) in [5, 5.41) is 3.17. The fraction of sp³-hybridized carbons (Fsp3) is 0.625. The normalized spacial score (nSPS) is 18.1. The highest BCUT2D eigenvalue weighted by molar-refractivity contribution is 5.19. The smallest absolute Gasteiger partial charge is 0.130 e. The fourth-order valence-corrected chi connectivity index (χ4v) is 2.79. The van der Waals surface area contributed by atoms with E-state index >= 15 is 0 Å². The van der Waals surface area contributed by atoms with E-state index < -0.39 is 11.6 Å². The zero-order chi connectivity index (χ0) is 14.4. The van der Waals surface area contributed by atoms with E-state index in [1.807, 2.05) is 0 Å². The quantitative estimate of drug-likeness (QED) is 0.862. The van der Waals surface area contributed by atoms with Crippen LogP contribution in [0.4, 0.5) is 8.78 Å². The highest BCUT2D eigenvalue weighted by Crippen LogP contribution is 2.13. The van der Waals surface area contributed by atoms with Crippen molar-refractivity contribution in [1.29, 1.82) is 0 Å². The third-order valence-corrected chi connectivity index (χ3v) is 3.87. The maximum Gasteiger partial charge on any atom is 0.130 e. The second-order valence-corrected chi connectivity index (χ2v) is 5.80. The minimum Gasteiger partial charge on any atom is -0.312 e. The zero-order valence-electron chi connectivity index (χ0n) is 12.2. The van der Waals surface area contributed by atoms with Crippen LogP contribution in [0.1, 0.15) is 31.7 Å². The van der Waals surface area contributed by atoms with Crippen molar-refractivity contribution < 1.29 is 8.78 Å². The zero-order valence-corrected chi connectivity index (χ0v) is 12.2. The van der Waals surface area contributed by atoms with E-state index in [0.717, 1.165) is 13.1 Å². The minimum absolute atomic E-state index is 0.137. The SMILES string of the molecule is CC(CNCc1c(F)cccc1F)CN1CCCCC1. The van der Waals surface area contributed by atoms with Gasteiger partial charge in [-0.15, -0.1) is 0 Å². The average Bonchev–Trinajstić information content (AvgIpc) is 2.43. The lowest BCUT2D eigenvalue weighted by atomic mass is 10.1. The van der Waals surface area contributed by atoms with Crippen LogP contribution in [0.5, 0.6) is 0 Å². The molecular weight excluding hydrogens is 258 g/mol. The third-order valence-electron chi connectivity index (χ3n) is 3.87. The molecule has 0 aromatic heterocycles. The van der Waals surface area contributed by atoms with Crippen molar-refractivity contribution in [3.8, 4) is 0 Å². The molecule has 1 saturated heterocycles. The molecule has 1 aromatic carbocycles. The Morgan fingerprint density at radius 2 is 1.80 bits per heavy atom. The summed E-state index contributed by atoms with van der Waals surface area (Å²) in [6.45, 7) is 6.65. The van der Waals surface area contributed by atoms with Gasteiger partial charge in [-0.05, 0) is 50.5 Å². The number of halogens is 2. The molecule has 1 atom stereocenters. The molecule has 0 radical (unpaired) electrons. The molecular formula is C16H24F2N2. The minimum atomic E-state index is -0.471. The molecule has 0 aliphatic carbocycles. The van der Waals surface area contributed by atoms with Gasteiger partial charge in [0, 0.05) is 18.7 Å². The standard InChI is InChI=1S/C16H24F2N2/c1-13(12-20-8-3-2-4-9-20)10-19-11-14-15(17)6-5-7-16(14)18/h5-7,13,19H,2-4,8-12H2,1H3. The first-order valence-corrected chi connectivity index (χ1v) is 7.53. The molecule has 1 aliphatic rings. The Balaban J connectivity index is 1.72. The summed E-state index contributed by atoms with van der Waals surface area (Å²) in [6, 6.07) is 4.00. The predicted molar refractivity (Wildman–Crippen MR) is 77.5 cm³/mol. The van der Waals surface area contributed by atoms with Gasteiger partial charge in [0.1, 0.15) is 11.6 Å². The van der Waals surface area contributed by atoms with Crippen LogP contribution in [-0.2, 0) is 6.54 Å². The van der Waals surface area contributed by atoms with Gasteiger partial charge in [-0.25, -0.2) is 8.78 Å². The second-order valence-electron chi connectivity index (χ2n) is 5.80. The lowest BCUT2D eigenvalue weighted by molar-refractivity contribution is 0.199. The molecule has 0 saturated carbocycles. The van der Waals surface area contributed by atoms with Crippen molar-refractivity contribution in [2.45, 2.75) is 32.7 Å². The molecule has 1 fully saturated rings. The van der Waals surface area contributed by atoms with Gasteiger partial charge in [0.25, 0.3) is 0 Å². The van der Waals surface area contributed by atoms with E-state index in [1.54, 1.807) is 0 Å². The number of rotatable bonds is 6. The number of piperidine rings is 1. The lowest BCUT2D eigenvalue weighted by Gasteiger charge is -2.29. The monoisotopic (exact) mass is 282 g/mol. The molecule has 1 N–H and O–H groups in total. The number of nitrogens with one attached hydrogen (secondary N) is 1. The molecule has 1 unspecified atom stereocenters. The molecule has 2 nitrogen and oxygen atoms in total. The number of benzene rings is 1. The Kier molecular flexibility index (Phi) is 5.92. The van der Waals surface area contributed by atoms with Crippen LogP contribution in [0.25, 0.3) is 0 Å². The van der Waals surface area contributed by atoms with Gasteiger partial charge in [0.2, 0.25) is 0 Å². The predicted octanol–water partition coefficient (Wildman–Crippen LogP) is 3.18. The molecule has 2 rings (SSSR count). The molecule has 4 heteroatoms. The van der Waals surface area contributed by atoms with Gasteiger partial charge < -0.3 is 10.2 Å². The van der Waals surface area contributed by atoms with Crippen molar-refractivity contribution in [3.05, 3.63) is 35.4 Å². The van der Waals surface area contributed by atoms with E-state index in [4.69, 9.17) is 0 Å². The van der Waals surface area contributed by atoms with Crippen molar-refractivity contribution in [2.24, 2.45) is 5.92 Å². The Morgan fingerprint density at radius 3 is 2.45 bits per heavy atom. The molecule has 0 amide bonds. The van der Waals surface area contributed by atoms with Gasteiger partial charge in [0.05, 0.1) is 0 Å². The molecule has 20 heavy (non-hydrogen) atoms. The van der Waals surface area contributed by atoms with Crippen LogP contribution in [0.15, 0.2) is 18.2 Å². The maximum absolute atomic E-state index is 13.5. The summed E-state index contributed by atoms with van der Waals surface area (Å²) in [5.41, 5.74) is 0.137. The molecule has 112 valence electrons. The first-order chi connectivity index (χ1) is 9.66. The third kappa shape index (κ3) is 4.53. The topological polar surface area (TPSA) is 15.3 Å². The summed E-state index contributed by atoms with van der Waals surface area (Å²) in [4.78, 5) is 2.49. The lowest BCUT2D eigenvalue weighted by Crippen LogP contribution is -2.36. The van der Waals surface area contributed by atoms with Crippen LogP contribution in [0.3, 0.4) is 0 Å². The highest BCUT2D eigenvalue weighted by Gasteiger charge is 2.14. The number of nitrogens with zero attached hydrogens (tertiary/aromatic N) is 1. The van der Waals surface area contributed by atoms with E-state index in [1.165, 1.54) is 50.6 Å². The average molecular weight is 282 g/mol. The first-order valence-electron chi connectivity index (χ1n) is 7.53. The number of hydrogen-bond acceptors (Lipinski definition) is 2. The Bertz CT molecular complexity index is 397. The van der Waals surface area contributed by atoms with Crippen molar-refractivity contribution in [3.63, 3.8) is 0 Å². The van der Waals surface area contributed by atoms with Gasteiger partial charge in [0.15, 0.2) is 0 Å². The van der Waals surface area contributed by atoms with E-state index in [0.29, 0.717) is 5.92 Å². The van der Waals surface area contributed by atoms with Gasteiger partial charge >= 0.3 is 0 Å². The van der Waals surface area contributed by atoms with Gasteiger partial charge in [-0.1, -0.05) is 19.4 Å². The van der Waals surface area contributed by atoms with Crippen LogP contribution in [0.2, 0.25) is 0 Å². The molecule has 1 aliphatic heterocycles. The Labute approximate surface area is 120 Å². The van der Waals surface area contributed by atoms with E-state index in [-0.39, 0.29) is 12.1 Å². The fourth-order valence-electron chi connectivity index (χ4n) is 2.79. The molecule has 1 aromatic rings. The number of hydrogen-bond donors (Lipinski definition) is 1. The van der Waals surface area contributed by atoms with Gasteiger partial charge in [-0.3, -0.25) is 0 Å². The maximum atomic E-state index is 13.5. The first kappa shape index (κ1) is 15.4. The summed E-state index contributed by atoms with van der Waals surface area (Å²) >= 11 is 0. The summed E-state index contributed by atoms with van der Waals surface area (Å²) < 4.78 is 26.9. The van der Waals surface area contributed by atoms with Crippen molar-refractivity contribution in [2.75, 3.05) is 26.2 Å².